The number of aryl methyl sites for hydroxylation is 2. The molecule has 0 aliphatic carbocycles. The Kier molecular flexibility index (Phi) is 5.27. The van der Waals surface area contributed by atoms with Crippen LogP contribution in [0.25, 0.3) is 0 Å². The predicted molar refractivity (Wildman–Crippen MR) is 91.6 cm³/mol. The van der Waals surface area contributed by atoms with Gasteiger partial charge >= 0.3 is 0 Å². The van der Waals surface area contributed by atoms with Crippen LogP contribution in [-0.2, 0) is 16.0 Å². The van der Waals surface area contributed by atoms with Crippen molar-refractivity contribution in [1.29, 1.82) is 0 Å². The molecule has 4 atom stereocenters. The van der Waals surface area contributed by atoms with Crippen LogP contribution in [0.2, 0.25) is 0 Å². The third kappa shape index (κ3) is 3.63. The van der Waals surface area contributed by atoms with E-state index in [1.165, 1.54) is 0 Å². The monoisotopic (exact) mass is 350 g/mol. The number of carbonyl (C=O) groups is 1. The van der Waals surface area contributed by atoms with Crippen LogP contribution in [0.1, 0.15) is 36.2 Å². The van der Waals surface area contributed by atoms with E-state index in [0.29, 0.717) is 18.0 Å². The van der Waals surface area contributed by atoms with Crippen LogP contribution in [0.4, 0.5) is 0 Å². The summed E-state index contributed by atoms with van der Waals surface area (Å²) in [5.41, 5.74) is 0.528. The molecule has 25 heavy (non-hydrogen) atoms. The highest BCUT2D eigenvalue weighted by Gasteiger charge is 2.47. The van der Waals surface area contributed by atoms with Gasteiger partial charge in [-0.1, -0.05) is 13.8 Å². The first-order valence-electron chi connectivity index (χ1n) is 8.80. The van der Waals surface area contributed by atoms with Crippen LogP contribution in [-0.4, -0.2) is 53.1 Å². The molecule has 0 unspecified atom stereocenters. The van der Waals surface area contributed by atoms with Gasteiger partial charge in [0.2, 0.25) is 0 Å². The van der Waals surface area contributed by atoms with Gasteiger partial charge in [0, 0.05) is 12.7 Å². The van der Waals surface area contributed by atoms with Gasteiger partial charge in [-0.3, -0.25) is 9.59 Å². The molecule has 2 aliphatic rings. The lowest BCUT2D eigenvalue weighted by Crippen LogP contribution is -2.46. The van der Waals surface area contributed by atoms with Crippen molar-refractivity contribution >= 4 is 5.91 Å². The molecule has 1 amide bonds. The molecule has 2 N–H and O–H groups in total. The van der Waals surface area contributed by atoms with Gasteiger partial charge in [-0.05, 0) is 30.9 Å². The van der Waals surface area contributed by atoms with Crippen molar-refractivity contribution in [2.45, 2.75) is 58.1 Å². The Morgan fingerprint density at radius 3 is 2.80 bits per heavy atom. The Labute approximate surface area is 146 Å². The van der Waals surface area contributed by atoms with Crippen LogP contribution in [0.3, 0.4) is 0 Å². The minimum Gasteiger partial charge on any atom is -0.388 e. The number of hydrogen-bond acceptors (Lipinski definition) is 5. The van der Waals surface area contributed by atoms with Gasteiger partial charge in [0.25, 0.3) is 11.5 Å². The standard InChI is InChI=1S/C18H26N2O5/c1-10(2)4-6-20-7-5-11(3)14(18(20)23)17(22)19-12-8-24-16-13(21)9-25-15(12)16/h5,7,10,12-13,15-16,21H,4,6,8-9H2,1-3H3,(H,19,22)/t12-,13-,15-,16-/m1/s1. The molecule has 2 aliphatic heterocycles. The first-order valence-corrected chi connectivity index (χ1v) is 8.80. The smallest absolute Gasteiger partial charge is 0.263 e. The van der Waals surface area contributed by atoms with Crippen molar-refractivity contribution in [1.82, 2.24) is 9.88 Å². The molecule has 0 saturated carbocycles. The van der Waals surface area contributed by atoms with Crippen molar-refractivity contribution in [3.05, 3.63) is 33.7 Å². The first kappa shape index (κ1) is 18.1. The van der Waals surface area contributed by atoms with E-state index in [9.17, 15) is 14.7 Å². The second kappa shape index (κ2) is 7.27. The highest BCUT2D eigenvalue weighted by atomic mass is 16.6. The average Bonchev–Trinajstić information content (AvgIpc) is 3.10. The van der Waals surface area contributed by atoms with E-state index in [1.54, 1.807) is 23.8 Å². The van der Waals surface area contributed by atoms with Gasteiger partial charge in [0.1, 0.15) is 23.9 Å². The lowest BCUT2D eigenvalue weighted by molar-refractivity contribution is 0.0178. The van der Waals surface area contributed by atoms with Crippen molar-refractivity contribution in [3.8, 4) is 0 Å². The van der Waals surface area contributed by atoms with E-state index >= 15 is 0 Å². The minimum absolute atomic E-state index is 0.160. The highest BCUT2D eigenvalue weighted by Crippen LogP contribution is 2.27. The fourth-order valence-electron chi connectivity index (χ4n) is 3.36. The topological polar surface area (TPSA) is 89.8 Å². The van der Waals surface area contributed by atoms with Crippen LogP contribution < -0.4 is 10.9 Å². The molecule has 0 aromatic carbocycles. The molecule has 1 aromatic rings. The number of ether oxygens (including phenoxy) is 2. The number of carbonyl (C=O) groups excluding carboxylic acids is 1. The summed E-state index contributed by atoms with van der Waals surface area (Å²) >= 11 is 0. The normalized spacial score (nSPS) is 28.4. The molecular formula is C18H26N2O5. The van der Waals surface area contributed by atoms with Crippen LogP contribution in [0, 0.1) is 12.8 Å². The molecule has 0 bridgehead atoms. The van der Waals surface area contributed by atoms with Gasteiger partial charge in [-0.25, -0.2) is 0 Å². The average molecular weight is 350 g/mol. The maximum Gasteiger partial charge on any atom is 0.263 e. The van der Waals surface area contributed by atoms with E-state index in [-0.39, 0.29) is 36.5 Å². The third-order valence-corrected chi connectivity index (χ3v) is 4.89. The molecule has 138 valence electrons. The molecule has 2 fully saturated rings. The number of aliphatic hydroxyl groups excluding tert-OH is 1. The Morgan fingerprint density at radius 1 is 1.36 bits per heavy atom. The zero-order chi connectivity index (χ0) is 18.1. The summed E-state index contributed by atoms with van der Waals surface area (Å²) in [6, 6.07) is 1.43. The summed E-state index contributed by atoms with van der Waals surface area (Å²) in [5.74, 6) is 0.0598. The quantitative estimate of drug-likeness (QED) is 0.805. The van der Waals surface area contributed by atoms with E-state index in [0.717, 1.165) is 6.42 Å². The molecule has 0 radical (unpaired) electrons. The lowest BCUT2D eigenvalue weighted by atomic mass is 10.1. The van der Waals surface area contributed by atoms with Crippen LogP contribution in [0.15, 0.2) is 17.1 Å². The maximum absolute atomic E-state index is 12.7. The number of aromatic nitrogens is 1. The second-order valence-electron chi connectivity index (χ2n) is 7.30. The van der Waals surface area contributed by atoms with Crippen molar-refractivity contribution in [3.63, 3.8) is 0 Å². The number of fused-ring (bicyclic) bond motifs is 1. The third-order valence-electron chi connectivity index (χ3n) is 4.89. The van der Waals surface area contributed by atoms with E-state index in [1.807, 2.05) is 0 Å². The summed E-state index contributed by atoms with van der Waals surface area (Å²) in [6.07, 6.45) is 1.16. The summed E-state index contributed by atoms with van der Waals surface area (Å²) in [4.78, 5) is 25.4. The van der Waals surface area contributed by atoms with E-state index in [4.69, 9.17) is 9.47 Å². The molecular weight excluding hydrogens is 324 g/mol. The summed E-state index contributed by atoms with van der Waals surface area (Å²) in [6.45, 7) is 7.01. The Balaban J connectivity index is 1.76. The fourth-order valence-corrected chi connectivity index (χ4v) is 3.36. The number of nitrogens with zero attached hydrogens (tertiary/aromatic N) is 1. The molecule has 7 nitrogen and oxygen atoms in total. The lowest BCUT2D eigenvalue weighted by Gasteiger charge is -2.18. The number of aliphatic hydroxyl groups is 1. The number of rotatable bonds is 5. The SMILES string of the molecule is Cc1ccn(CCC(C)C)c(=O)c1C(=O)N[C@@H]1CO[C@H]2[C@@H]1OC[C@H]2O. The molecule has 0 spiro atoms. The van der Waals surface area contributed by atoms with Gasteiger partial charge in [-0.15, -0.1) is 0 Å². The number of pyridine rings is 1. The molecule has 7 heteroatoms. The number of nitrogens with one attached hydrogen (secondary N) is 1. The summed E-state index contributed by atoms with van der Waals surface area (Å²) < 4.78 is 12.6. The molecule has 2 saturated heterocycles. The Bertz CT molecular complexity index is 699. The largest absolute Gasteiger partial charge is 0.388 e. The van der Waals surface area contributed by atoms with Gasteiger partial charge in [-0.2, -0.15) is 0 Å². The van der Waals surface area contributed by atoms with Gasteiger partial charge in [0.15, 0.2) is 0 Å². The molecule has 3 rings (SSSR count). The van der Waals surface area contributed by atoms with Crippen LogP contribution in [0.5, 0.6) is 0 Å². The van der Waals surface area contributed by atoms with Gasteiger partial charge in [0.05, 0.1) is 19.3 Å². The minimum atomic E-state index is -0.668. The van der Waals surface area contributed by atoms with Crippen molar-refractivity contribution in [2.75, 3.05) is 13.2 Å². The molecule has 3 heterocycles. The Morgan fingerprint density at radius 2 is 2.08 bits per heavy atom. The van der Waals surface area contributed by atoms with Crippen molar-refractivity contribution < 1.29 is 19.4 Å². The first-order chi connectivity index (χ1) is 11.9. The maximum atomic E-state index is 12.7. The zero-order valence-electron chi connectivity index (χ0n) is 14.9. The van der Waals surface area contributed by atoms with Crippen LogP contribution >= 0.6 is 0 Å². The Hall–Kier alpha value is -1.70. The van der Waals surface area contributed by atoms with Crippen molar-refractivity contribution in [2.24, 2.45) is 5.92 Å². The molecule has 1 aromatic heterocycles. The van der Waals surface area contributed by atoms with Gasteiger partial charge < -0.3 is 24.5 Å². The number of amides is 1. The number of hydrogen-bond donors (Lipinski definition) is 2. The van der Waals surface area contributed by atoms with E-state index in [2.05, 4.69) is 19.2 Å². The summed E-state index contributed by atoms with van der Waals surface area (Å²) in [5, 5.41) is 12.6. The predicted octanol–water partition coefficient (Wildman–Crippen LogP) is 0.460. The second-order valence-corrected chi connectivity index (χ2v) is 7.30. The van der Waals surface area contributed by atoms with E-state index < -0.39 is 18.1 Å². The highest BCUT2D eigenvalue weighted by molar-refractivity contribution is 5.95. The zero-order valence-corrected chi connectivity index (χ0v) is 14.9. The summed E-state index contributed by atoms with van der Waals surface area (Å²) in [7, 11) is 0. The fraction of sp³-hybridized carbons (Fsp3) is 0.667.